The van der Waals surface area contributed by atoms with E-state index in [4.69, 9.17) is 28.6 Å². The predicted octanol–water partition coefficient (Wildman–Crippen LogP) is 0.601. The van der Waals surface area contributed by atoms with E-state index in [-0.39, 0.29) is 35.7 Å². The number of phosphoric acid groups is 1. The second-order valence-electron chi connectivity index (χ2n) is 12.8. The molecule has 0 spiro atoms. The van der Waals surface area contributed by atoms with Gasteiger partial charge in [-0.25, -0.2) is 9.36 Å². The molecule has 1 radical (unpaired) electrons. The van der Waals surface area contributed by atoms with E-state index >= 15 is 0 Å². The molecule has 50 heavy (non-hydrogen) atoms. The van der Waals surface area contributed by atoms with Crippen LogP contribution in [0.2, 0.25) is 0 Å². The number of likely N-dealkylation sites (N-methyl/N-ethyl adjacent to an activating group) is 2. The Morgan fingerprint density at radius 1 is 0.940 bits per heavy atom. The molecule has 0 amide bonds. The molecule has 3 heterocycles. The summed E-state index contributed by atoms with van der Waals surface area (Å²) in [5.41, 5.74) is 8.09. The van der Waals surface area contributed by atoms with Crippen LogP contribution in [0.4, 0.5) is 0 Å². The molecule has 2 aliphatic heterocycles. The van der Waals surface area contributed by atoms with Gasteiger partial charge in [-0.1, -0.05) is 30.8 Å². The molecule has 2 saturated heterocycles. The monoisotopic (exact) mass is 784 g/mol. The quantitative estimate of drug-likeness (QED) is 0.0286. The van der Waals surface area contributed by atoms with Crippen molar-refractivity contribution < 1.29 is 65.1 Å². The molecule has 1 aromatic heterocycles. The van der Waals surface area contributed by atoms with E-state index in [9.17, 15) is 34.6 Å². The molecule has 2 unspecified atom stereocenters. The smallest absolute Gasteiger partial charge is 0.387 e. The Balaban J connectivity index is 0.00000867. The summed E-state index contributed by atoms with van der Waals surface area (Å²) in [7, 11) is 1.79. The number of aromatic nitrogens is 2. The molecule has 0 saturated carbocycles. The van der Waals surface area contributed by atoms with Crippen molar-refractivity contribution in [2.45, 2.75) is 101 Å². The van der Waals surface area contributed by atoms with Gasteiger partial charge in [0, 0.05) is 36.2 Å². The summed E-state index contributed by atoms with van der Waals surface area (Å²) in [6.45, 7) is 3.43. The molecule has 21 heteroatoms. The zero-order valence-electron chi connectivity index (χ0n) is 28.9. The summed E-state index contributed by atoms with van der Waals surface area (Å²) in [4.78, 5) is 33.7. The standard InChI is InChI=1S/C29H52N7O12P.Cu/c1-19-16-36(29(42)31-27(19)40)23-15-20(32-33-30)21(47-23)17-45-49(43,46-18-22-24(37)25(38)26(39)28(41)48-22)44-14-10-8-6-5-7-9-11-35(4)13-12-34(2)3;/h16,20-26,28,37-39,41H,5-15,17-18H2,1-4H3,(H,31,40,42);/q;+2/t20-,21+,22+,23+,24+,25-,26+,28?,49?;/m0./s1. The first-order valence-electron chi connectivity index (χ1n) is 16.5. The maximum absolute atomic E-state index is 13.8. The number of nitrogens with one attached hydrogen (secondary N) is 1. The van der Waals surface area contributed by atoms with Gasteiger partial charge in [0.15, 0.2) is 6.29 Å². The first-order valence-corrected chi connectivity index (χ1v) is 18.0. The summed E-state index contributed by atoms with van der Waals surface area (Å²) >= 11 is 0. The number of nitrogens with zero attached hydrogens (tertiary/aromatic N) is 6. The van der Waals surface area contributed by atoms with Gasteiger partial charge in [-0.05, 0) is 53.0 Å². The van der Waals surface area contributed by atoms with Crippen molar-refractivity contribution >= 4 is 7.82 Å². The van der Waals surface area contributed by atoms with Gasteiger partial charge >= 0.3 is 30.6 Å². The zero-order chi connectivity index (χ0) is 36.1. The Hall–Kier alpha value is -1.70. The Bertz CT molecular complexity index is 1380. The van der Waals surface area contributed by atoms with E-state index in [1.807, 2.05) is 0 Å². The first-order chi connectivity index (χ1) is 23.2. The summed E-state index contributed by atoms with van der Waals surface area (Å²) in [6, 6.07) is -0.856. The second-order valence-corrected chi connectivity index (χ2v) is 14.4. The number of aromatic amines is 1. The number of H-pyrrole nitrogens is 1. The van der Waals surface area contributed by atoms with E-state index in [0.29, 0.717) is 6.42 Å². The molecule has 0 bridgehead atoms. The topological polar surface area (TPSA) is 254 Å². The third kappa shape index (κ3) is 13.7. The third-order valence-corrected chi connectivity index (χ3v) is 9.88. The number of aliphatic hydroxyl groups excluding tert-OH is 4. The maximum atomic E-state index is 13.8. The fourth-order valence-electron chi connectivity index (χ4n) is 5.38. The molecule has 0 aliphatic carbocycles. The molecular formula is C29H52CuN7O12P+2. The molecule has 9 atom stereocenters. The van der Waals surface area contributed by atoms with Crippen molar-refractivity contribution in [1.29, 1.82) is 0 Å². The van der Waals surface area contributed by atoms with E-state index in [1.165, 1.54) is 13.1 Å². The van der Waals surface area contributed by atoms with Gasteiger partial charge in [-0.15, -0.1) is 0 Å². The fourth-order valence-corrected chi connectivity index (χ4v) is 6.62. The van der Waals surface area contributed by atoms with E-state index in [0.717, 1.165) is 56.3 Å². The molecular weight excluding hydrogens is 733 g/mol. The van der Waals surface area contributed by atoms with Gasteiger partial charge < -0.3 is 39.7 Å². The van der Waals surface area contributed by atoms with Crippen LogP contribution in [0.5, 0.6) is 0 Å². The molecule has 3 rings (SSSR count). The van der Waals surface area contributed by atoms with Crippen LogP contribution < -0.4 is 11.2 Å². The normalized spacial score (nSPS) is 28.0. The van der Waals surface area contributed by atoms with Crippen molar-refractivity contribution in [2.24, 2.45) is 5.11 Å². The second kappa shape index (κ2) is 21.7. The van der Waals surface area contributed by atoms with Crippen LogP contribution in [0.1, 0.15) is 56.7 Å². The Morgan fingerprint density at radius 3 is 2.24 bits per heavy atom. The van der Waals surface area contributed by atoms with Crippen LogP contribution in [0.15, 0.2) is 20.9 Å². The fraction of sp³-hybridized carbons (Fsp3) is 0.862. The van der Waals surface area contributed by atoms with Crippen LogP contribution in [0.3, 0.4) is 0 Å². The number of ether oxygens (including phenoxy) is 2. The molecule has 1 aromatic rings. The van der Waals surface area contributed by atoms with Gasteiger partial charge in [0.25, 0.3) is 5.56 Å². The molecule has 5 N–H and O–H groups in total. The van der Waals surface area contributed by atoms with Crippen LogP contribution in [0, 0.1) is 6.92 Å². The zero-order valence-corrected chi connectivity index (χ0v) is 30.7. The van der Waals surface area contributed by atoms with Crippen molar-refractivity contribution in [2.75, 3.05) is 60.6 Å². The summed E-state index contributed by atoms with van der Waals surface area (Å²) in [5, 5.41) is 43.7. The van der Waals surface area contributed by atoms with Gasteiger partial charge in [0.05, 0.1) is 32.0 Å². The van der Waals surface area contributed by atoms with Gasteiger partial charge in [-0.2, -0.15) is 0 Å². The molecule has 19 nitrogen and oxygen atoms in total. The number of aryl methyl sites for hydroxylation is 1. The molecule has 0 aromatic carbocycles. The van der Waals surface area contributed by atoms with E-state index in [1.54, 1.807) is 0 Å². The summed E-state index contributed by atoms with van der Waals surface area (Å²) in [6.07, 6.45) is -3.57. The predicted molar refractivity (Wildman–Crippen MR) is 176 cm³/mol. The van der Waals surface area contributed by atoms with E-state index < -0.39 is 81.4 Å². The Labute approximate surface area is 301 Å². The van der Waals surface area contributed by atoms with E-state index in [2.05, 4.69) is 46.0 Å². The van der Waals surface area contributed by atoms with Crippen molar-refractivity contribution in [3.63, 3.8) is 0 Å². The SMILES string of the molecule is Cc1cn([C@H]2C[C@H](N=[N+]=[N-])[C@@H](COP(=O)(OCCCCCCCCN(C)CCN(C)C)OC[C@H]3OC(O)[C@H](O)[C@@H](O)[C@@H]3O)O2)c(=O)[nH]c1=O.[Cu+2]. The van der Waals surface area contributed by atoms with Crippen LogP contribution >= 0.6 is 7.82 Å². The molecule has 2 aliphatic rings. The summed E-state index contributed by atoms with van der Waals surface area (Å²) < 4.78 is 42.6. The number of phosphoric ester groups is 1. The van der Waals surface area contributed by atoms with Crippen molar-refractivity contribution in [3.8, 4) is 0 Å². The van der Waals surface area contributed by atoms with Crippen molar-refractivity contribution in [3.05, 3.63) is 43.0 Å². The molecule has 289 valence electrons. The number of aliphatic hydroxyl groups is 4. The number of unbranched alkanes of at least 4 members (excludes halogenated alkanes) is 5. The number of azide groups is 1. The molecule has 2 fully saturated rings. The Morgan fingerprint density at radius 2 is 1.58 bits per heavy atom. The van der Waals surface area contributed by atoms with Crippen molar-refractivity contribution in [1.82, 2.24) is 19.4 Å². The number of rotatable bonds is 21. The number of hydrogen-bond acceptors (Lipinski definition) is 15. The average molecular weight is 785 g/mol. The van der Waals surface area contributed by atoms with Gasteiger partial charge in [0.2, 0.25) is 0 Å². The average Bonchev–Trinajstić information content (AvgIpc) is 3.46. The van der Waals surface area contributed by atoms with Gasteiger partial charge in [-0.3, -0.25) is 27.9 Å². The largest absolute Gasteiger partial charge is 2.00 e. The van der Waals surface area contributed by atoms with Crippen LogP contribution in [0.25, 0.3) is 10.4 Å². The number of hydrogen-bond donors (Lipinski definition) is 5. The third-order valence-electron chi connectivity index (χ3n) is 8.45. The van der Waals surface area contributed by atoms with Gasteiger partial charge in [0.1, 0.15) is 30.6 Å². The summed E-state index contributed by atoms with van der Waals surface area (Å²) in [5.74, 6) is 0. The van der Waals surface area contributed by atoms with Crippen LogP contribution in [-0.2, 0) is 44.7 Å². The minimum Gasteiger partial charge on any atom is -0.387 e. The minimum absolute atomic E-state index is 0. The minimum atomic E-state index is -4.43. The maximum Gasteiger partial charge on any atom is 2.00 e. The van der Waals surface area contributed by atoms with Crippen LogP contribution in [-0.4, -0.2) is 143 Å². The first kappa shape index (κ1) is 44.5. The Kier molecular flexibility index (Phi) is 19.3.